The second-order valence-electron chi connectivity index (χ2n) is 5.82. The molecule has 1 aliphatic rings. The highest BCUT2D eigenvalue weighted by Crippen LogP contribution is 2.21. The van der Waals surface area contributed by atoms with Crippen molar-refractivity contribution in [1.82, 2.24) is 0 Å². The Kier molecular flexibility index (Phi) is 3.96. The Morgan fingerprint density at radius 3 is 2.59 bits per heavy atom. The maximum atomic E-state index is 3.32. The molecule has 0 aliphatic carbocycles. The molecule has 1 aliphatic heterocycles. The van der Waals surface area contributed by atoms with Crippen molar-refractivity contribution in [2.75, 3.05) is 24.3 Å². The highest BCUT2D eigenvalue weighted by atomic mass is 15.1. The van der Waals surface area contributed by atoms with Crippen molar-refractivity contribution in [2.45, 2.75) is 13.0 Å². The molecule has 0 fully saturated rings. The predicted octanol–water partition coefficient (Wildman–Crippen LogP) is 3.62. The van der Waals surface area contributed by atoms with E-state index in [1.807, 2.05) is 6.07 Å². The molecule has 0 radical (unpaired) electrons. The average molecular weight is 292 g/mol. The fourth-order valence-electron chi connectivity index (χ4n) is 2.64. The maximum absolute atomic E-state index is 3.32. The number of allylic oxidation sites excluding steroid dienone is 2. The normalized spacial score (nSPS) is 16.9. The van der Waals surface area contributed by atoms with Gasteiger partial charge in [0.2, 0.25) is 0 Å². The summed E-state index contributed by atoms with van der Waals surface area (Å²) in [6.07, 6.45) is 8.64. The van der Waals surface area contributed by atoms with Crippen molar-refractivity contribution < 1.29 is 4.57 Å². The first-order valence-corrected chi connectivity index (χ1v) is 7.54. The van der Waals surface area contributed by atoms with Gasteiger partial charge < -0.3 is 4.90 Å². The number of fused-ring (bicyclic) bond motifs is 1. The van der Waals surface area contributed by atoms with Crippen LogP contribution in [0, 0.1) is 0 Å². The van der Waals surface area contributed by atoms with Gasteiger partial charge in [0.1, 0.15) is 6.04 Å². The number of aromatic nitrogens is 1. The number of rotatable bonds is 3. The first-order valence-electron chi connectivity index (χ1n) is 7.54. The number of anilines is 2. The van der Waals surface area contributed by atoms with Crippen LogP contribution < -0.4 is 14.8 Å². The van der Waals surface area contributed by atoms with E-state index in [9.17, 15) is 0 Å². The molecule has 0 saturated carbocycles. The molecule has 1 aromatic carbocycles. The summed E-state index contributed by atoms with van der Waals surface area (Å²) in [5.74, 6) is 1.12. The number of hydrogen-bond acceptors (Lipinski definition) is 2. The van der Waals surface area contributed by atoms with Crippen LogP contribution in [-0.2, 0) is 0 Å². The van der Waals surface area contributed by atoms with Crippen molar-refractivity contribution in [3.05, 3.63) is 72.1 Å². The van der Waals surface area contributed by atoms with Crippen LogP contribution in [0.3, 0.4) is 0 Å². The van der Waals surface area contributed by atoms with E-state index in [-0.39, 0.29) is 6.04 Å². The third-order valence-electron chi connectivity index (χ3n) is 3.98. The summed E-state index contributed by atoms with van der Waals surface area (Å²) in [5, 5.41) is 3.32. The average Bonchev–Trinajstić information content (AvgIpc) is 2.54. The molecule has 2 heterocycles. The van der Waals surface area contributed by atoms with Gasteiger partial charge in [0.25, 0.3) is 5.82 Å². The van der Waals surface area contributed by atoms with Gasteiger partial charge in [-0.3, -0.25) is 0 Å². The van der Waals surface area contributed by atoms with E-state index in [1.54, 1.807) is 0 Å². The topological polar surface area (TPSA) is 19.1 Å². The fraction of sp³-hybridized carbons (Fsp3) is 0.211. The summed E-state index contributed by atoms with van der Waals surface area (Å²) in [7, 11) is 4.11. The van der Waals surface area contributed by atoms with E-state index < -0.39 is 0 Å². The minimum Gasteiger partial charge on any atom is -0.378 e. The van der Waals surface area contributed by atoms with Crippen LogP contribution in [-0.4, -0.2) is 14.1 Å². The summed E-state index contributed by atoms with van der Waals surface area (Å²) in [5.41, 5.74) is 3.73. The highest BCUT2D eigenvalue weighted by molar-refractivity contribution is 5.56. The molecule has 1 atom stereocenters. The Morgan fingerprint density at radius 2 is 1.86 bits per heavy atom. The van der Waals surface area contributed by atoms with Gasteiger partial charge in [0.15, 0.2) is 0 Å². The summed E-state index contributed by atoms with van der Waals surface area (Å²) in [4.78, 5) is 2.11. The molecule has 0 bridgehead atoms. The summed E-state index contributed by atoms with van der Waals surface area (Å²) >= 11 is 0. The molecule has 1 unspecified atom stereocenters. The van der Waals surface area contributed by atoms with Gasteiger partial charge in [0.05, 0.1) is 12.4 Å². The van der Waals surface area contributed by atoms with Crippen molar-refractivity contribution in [3.63, 3.8) is 0 Å². The van der Waals surface area contributed by atoms with Crippen LogP contribution in [0.1, 0.15) is 18.5 Å². The summed E-state index contributed by atoms with van der Waals surface area (Å²) < 4.78 is 2.25. The number of hydrogen-bond donors (Lipinski definition) is 1. The summed E-state index contributed by atoms with van der Waals surface area (Å²) in [6, 6.07) is 15.1. The van der Waals surface area contributed by atoms with Gasteiger partial charge in [-0.05, 0) is 36.8 Å². The van der Waals surface area contributed by atoms with Crippen LogP contribution in [0.4, 0.5) is 11.5 Å². The number of pyridine rings is 1. The van der Waals surface area contributed by atoms with Gasteiger partial charge in [-0.2, -0.15) is 0 Å². The van der Waals surface area contributed by atoms with Crippen molar-refractivity contribution in [3.8, 4) is 0 Å². The Hall–Kier alpha value is -2.55. The molecule has 3 heteroatoms. The molecule has 22 heavy (non-hydrogen) atoms. The van der Waals surface area contributed by atoms with E-state index in [1.165, 1.54) is 16.8 Å². The lowest BCUT2D eigenvalue weighted by atomic mass is 10.1. The lowest BCUT2D eigenvalue weighted by Crippen LogP contribution is -2.43. The van der Waals surface area contributed by atoms with Gasteiger partial charge in [-0.15, -0.1) is 0 Å². The van der Waals surface area contributed by atoms with Crippen molar-refractivity contribution in [2.24, 2.45) is 0 Å². The molecule has 3 nitrogen and oxygen atoms in total. The predicted molar refractivity (Wildman–Crippen MR) is 92.9 cm³/mol. The fourth-order valence-corrected chi connectivity index (χ4v) is 2.64. The zero-order valence-corrected chi connectivity index (χ0v) is 13.3. The van der Waals surface area contributed by atoms with Crippen LogP contribution in [0.15, 0.2) is 66.5 Å². The first kappa shape index (κ1) is 14.4. The smallest absolute Gasteiger partial charge is 0.279 e. The molecule has 3 rings (SSSR count). The Bertz CT molecular complexity index is 712. The highest BCUT2D eigenvalue weighted by Gasteiger charge is 2.22. The van der Waals surface area contributed by atoms with E-state index in [0.29, 0.717) is 0 Å². The quantitative estimate of drug-likeness (QED) is 0.871. The van der Waals surface area contributed by atoms with E-state index in [0.717, 1.165) is 5.82 Å². The van der Waals surface area contributed by atoms with Gasteiger partial charge >= 0.3 is 0 Å². The van der Waals surface area contributed by atoms with Crippen LogP contribution in [0.5, 0.6) is 0 Å². The molecule has 1 N–H and O–H groups in total. The van der Waals surface area contributed by atoms with E-state index in [2.05, 4.69) is 96.7 Å². The zero-order valence-electron chi connectivity index (χ0n) is 13.3. The van der Waals surface area contributed by atoms with Gasteiger partial charge in [-0.1, -0.05) is 24.3 Å². The van der Waals surface area contributed by atoms with Crippen LogP contribution >= 0.6 is 0 Å². The molecule has 0 spiro atoms. The number of benzene rings is 1. The van der Waals surface area contributed by atoms with Crippen LogP contribution in [0.25, 0.3) is 6.08 Å². The molecular formula is C19H22N3+. The lowest BCUT2D eigenvalue weighted by molar-refractivity contribution is -0.691. The second kappa shape index (κ2) is 6.06. The number of nitrogens with zero attached hydrogens (tertiary/aromatic N) is 2. The zero-order chi connectivity index (χ0) is 15.5. The largest absolute Gasteiger partial charge is 0.378 e. The summed E-state index contributed by atoms with van der Waals surface area (Å²) in [6.45, 7) is 2.15. The molecular weight excluding hydrogens is 270 g/mol. The Balaban J connectivity index is 1.85. The SMILES string of the molecule is CC1=CNc2cccc[n+]2C1C=Cc1ccc(N(C)C)cc1. The van der Waals surface area contributed by atoms with E-state index >= 15 is 0 Å². The maximum Gasteiger partial charge on any atom is 0.279 e. The molecule has 0 saturated heterocycles. The van der Waals surface area contributed by atoms with Crippen molar-refractivity contribution >= 4 is 17.6 Å². The van der Waals surface area contributed by atoms with Crippen molar-refractivity contribution in [1.29, 1.82) is 0 Å². The molecule has 112 valence electrons. The van der Waals surface area contributed by atoms with Crippen LogP contribution in [0.2, 0.25) is 0 Å². The van der Waals surface area contributed by atoms with E-state index in [4.69, 9.17) is 0 Å². The minimum atomic E-state index is 0.256. The molecule has 0 amide bonds. The minimum absolute atomic E-state index is 0.256. The molecule has 2 aromatic rings. The molecule has 1 aromatic heterocycles. The number of nitrogens with one attached hydrogen (secondary N) is 1. The third kappa shape index (κ3) is 2.89. The lowest BCUT2D eigenvalue weighted by Gasteiger charge is -2.18. The first-order chi connectivity index (χ1) is 10.6. The second-order valence-corrected chi connectivity index (χ2v) is 5.82. The van der Waals surface area contributed by atoms with Gasteiger partial charge in [-0.25, -0.2) is 9.88 Å². The Morgan fingerprint density at radius 1 is 1.09 bits per heavy atom. The standard InChI is InChI=1S/C19H21N3/c1-15-14-20-19-6-4-5-13-22(19)18(15)12-9-16-7-10-17(11-8-16)21(2)3/h4-14,18H,1-3H3/p+1. The monoisotopic (exact) mass is 292 g/mol. The Labute approximate surface area is 132 Å². The van der Waals surface area contributed by atoms with Gasteiger partial charge in [0, 0.05) is 31.4 Å². The third-order valence-corrected chi connectivity index (χ3v) is 3.98.